The van der Waals surface area contributed by atoms with Gasteiger partial charge in [0.2, 0.25) is 0 Å². The quantitative estimate of drug-likeness (QED) is 0.778. The van der Waals surface area contributed by atoms with Crippen molar-refractivity contribution >= 4 is 5.97 Å². The number of methoxy groups -OCH3 is 1. The second-order valence-electron chi connectivity index (χ2n) is 5.91. The molecule has 0 radical (unpaired) electrons. The maximum atomic E-state index is 13.1. The smallest absolute Gasteiger partial charge is 0.310 e. The molecule has 2 bridgehead atoms. The summed E-state index contributed by atoms with van der Waals surface area (Å²) in [7, 11) is 3.55. The largest absolute Gasteiger partial charge is 0.469 e. The minimum absolute atomic E-state index is 0.136. The van der Waals surface area contributed by atoms with Gasteiger partial charge in [0.05, 0.1) is 13.0 Å². The molecule has 4 heteroatoms. The van der Waals surface area contributed by atoms with E-state index in [0.29, 0.717) is 6.04 Å². The third kappa shape index (κ3) is 2.12. The molecule has 2 aliphatic rings. The molecule has 2 heterocycles. The zero-order valence-electron chi connectivity index (χ0n) is 11.9. The van der Waals surface area contributed by atoms with Gasteiger partial charge < -0.3 is 4.74 Å². The number of benzene rings is 1. The second-order valence-corrected chi connectivity index (χ2v) is 5.91. The molecule has 108 valence electrons. The summed E-state index contributed by atoms with van der Waals surface area (Å²) >= 11 is 0. The average molecular weight is 276 g/mol. The average Bonchev–Trinajstić information content (AvgIpc) is 2.70. The van der Waals surface area contributed by atoms with Crippen molar-refractivity contribution in [3.8, 4) is 0 Å². The van der Waals surface area contributed by atoms with Crippen molar-refractivity contribution in [3.05, 3.63) is 35.6 Å². The molecule has 0 aliphatic carbocycles. The summed E-state index contributed by atoms with van der Waals surface area (Å²) in [6, 6.07) is 7.34. The summed E-state index contributed by atoms with van der Waals surface area (Å²) in [4.78, 5) is 14.5. The van der Waals surface area contributed by atoms with Crippen molar-refractivity contribution in [1.29, 1.82) is 0 Å². The maximum Gasteiger partial charge on any atom is 0.310 e. The van der Waals surface area contributed by atoms with Gasteiger partial charge >= 0.3 is 5.97 Å². The first kappa shape index (κ1) is 13.6. The van der Waals surface area contributed by atoms with Crippen LogP contribution in [0.15, 0.2) is 24.3 Å². The summed E-state index contributed by atoms with van der Waals surface area (Å²) in [6.07, 6.45) is 3.11. The van der Waals surface area contributed by atoms with Crippen LogP contribution in [0.2, 0.25) is 0 Å². The zero-order chi connectivity index (χ0) is 14.3. The van der Waals surface area contributed by atoms with E-state index < -0.39 is 0 Å². The normalized spacial score (nSPS) is 33.1. The van der Waals surface area contributed by atoms with Gasteiger partial charge in [0.15, 0.2) is 0 Å². The number of fused-ring (bicyclic) bond motifs is 2. The Kier molecular flexibility index (Phi) is 3.50. The summed E-state index contributed by atoms with van der Waals surface area (Å²) in [6.45, 7) is 0. The lowest BCUT2D eigenvalue weighted by atomic mass is 9.75. The molecule has 2 aliphatic heterocycles. The monoisotopic (exact) mass is 276 g/mol. The summed E-state index contributed by atoms with van der Waals surface area (Å²) in [5.74, 6) is -0.387. The van der Waals surface area contributed by atoms with E-state index in [1.807, 2.05) is 0 Å². The molecule has 20 heavy (non-hydrogen) atoms. The first-order chi connectivity index (χ1) is 9.61. The van der Waals surface area contributed by atoms with Gasteiger partial charge in [-0.25, -0.2) is 4.39 Å². The molecule has 3 nitrogen and oxygen atoms in total. The number of hydrogen-bond acceptors (Lipinski definition) is 3. The molecule has 0 unspecified atom stereocenters. The van der Waals surface area contributed by atoms with Crippen LogP contribution < -0.4 is 0 Å². The van der Waals surface area contributed by atoms with Crippen LogP contribution in [0.5, 0.6) is 0 Å². The van der Waals surface area contributed by atoms with Crippen molar-refractivity contribution in [2.45, 2.75) is 37.3 Å². The molecule has 0 saturated carbocycles. The van der Waals surface area contributed by atoms with Gasteiger partial charge in [-0.3, -0.25) is 9.69 Å². The molecular weight excluding hydrogens is 256 g/mol. The number of hydrogen-bond donors (Lipinski definition) is 0. The van der Waals surface area contributed by atoms with Gasteiger partial charge in [-0.15, -0.1) is 0 Å². The predicted molar refractivity (Wildman–Crippen MR) is 73.8 cm³/mol. The molecular formula is C16H20FNO2. The number of ether oxygens (including phenoxy) is 1. The van der Waals surface area contributed by atoms with E-state index in [2.05, 4.69) is 11.9 Å². The first-order valence-electron chi connectivity index (χ1n) is 7.17. The van der Waals surface area contributed by atoms with E-state index in [4.69, 9.17) is 4.74 Å². The van der Waals surface area contributed by atoms with E-state index in [-0.39, 0.29) is 29.7 Å². The third-order valence-corrected chi connectivity index (χ3v) is 5.04. The van der Waals surface area contributed by atoms with Crippen LogP contribution in [0.3, 0.4) is 0 Å². The highest BCUT2D eigenvalue weighted by molar-refractivity contribution is 5.75. The van der Waals surface area contributed by atoms with Gasteiger partial charge in [-0.05, 0) is 44.0 Å². The predicted octanol–water partition coefficient (Wildman–Crippen LogP) is 2.57. The van der Waals surface area contributed by atoms with Crippen molar-refractivity contribution in [1.82, 2.24) is 4.90 Å². The lowest BCUT2D eigenvalue weighted by Crippen LogP contribution is -2.49. The van der Waals surface area contributed by atoms with Crippen LogP contribution >= 0.6 is 0 Å². The van der Waals surface area contributed by atoms with Crippen molar-refractivity contribution in [3.63, 3.8) is 0 Å². The van der Waals surface area contributed by atoms with Crippen LogP contribution in [0, 0.1) is 11.7 Å². The van der Waals surface area contributed by atoms with Crippen LogP contribution in [0.25, 0.3) is 0 Å². The molecule has 0 aromatic heterocycles. The van der Waals surface area contributed by atoms with Crippen LogP contribution in [-0.2, 0) is 9.53 Å². The second kappa shape index (κ2) is 5.17. The molecule has 2 saturated heterocycles. The third-order valence-electron chi connectivity index (χ3n) is 5.04. The standard InChI is InChI=1S/C16H20FNO2/c1-18-12-7-8-14(18)15(16(19)20-2)13(9-12)10-3-5-11(17)6-4-10/h3-6,12-15H,7-9H2,1-2H3/t12-,13-,14+,15+/m1/s1/i1-1. The van der Waals surface area contributed by atoms with Crippen LogP contribution in [0.4, 0.5) is 4.39 Å². The van der Waals surface area contributed by atoms with Gasteiger partial charge in [-0.2, -0.15) is 0 Å². The fourth-order valence-electron chi connectivity index (χ4n) is 3.98. The molecule has 0 N–H and O–H groups in total. The molecule has 0 amide bonds. The van der Waals surface area contributed by atoms with E-state index in [1.54, 1.807) is 12.1 Å². The van der Waals surface area contributed by atoms with Gasteiger partial charge in [-0.1, -0.05) is 12.1 Å². The number of nitrogens with zero attached hydrogens (tertiary/aromatic N) is 1. The number of halogens is 1. The highest BCUT2D eigenvalue weighted by Crippen LogP contribution is 2.46. The molecule has 2 fully saturated rings. The first-order valence-corrected chi connectivity index (χ1v) is 7.17. The Morgan fingerprint density at radius 2 is 2.00 bits per heavy atom. The number of carbonyl (C=O) groups excluding carboxylic acids is 1. The van der Waals surface area contributed by atoms with Gasteiger partial charge in [0, 0.05) is 18.0 Å². The minimum Gasteiger partial charge on any atom is -0.469 e. The highest BCUT2D eigenvalue weighted by Gasteiger charge is 2.49. The van der Waals surface area contributed by atoms with E-state index in [0.717, 1.165) is 24.8 Å². The molecule has 0 spiro atoms. The van der Waals surface area contributed by atoms with Crippen molar-refractivity contribution in [2.24, 2.45) is 5.92 Å². The van der Waals surface area contributed by atoms with E-state index in [9.17, 15) is 9.18 Å². The van der Waals surface area contributed by atoms with Crippen LogP contribution in [-0.4, -0.2) is 37.1 Å². The van der Waals surface area contributed by atoms with Crippen molar-refractivity contribution in [2.75, 3.05) is 14.2 Å². The van der Waals surface area contributed by atoms with E-state index in [1.165, 1.54) is 19.2 Å². The summed E-state index contributed by atoms with van der Waals surface area (Å²) in [5, 5.41) is 0. The Hall–Kier alpha value is -1.42. The minimum atomic E-state index is -0.237. The summed E-state index contributed by atoms with van der Waals surface area (Å²) in [5.41, 5.74) is 1.05. The molecule has 1 aromatic rings. The Morgan fingerprint density at radius 3 is 2.65 bits per heavy atom. The van der Waals surface area contributed by atoms with E-state index >= 15 is 0 Å². The van der Waals surface area contributed by atoms with Crippen LogP contribution in [0.1, 0.15) is 30.7 Å². The fourth-order valence-corrected chi connectivity index (χ4v) is 3.98. The lowest BCUT2D eigenvalue weighted by Gasteiger charge is -2.41. The number of rotatable bonds is 2. The Balaban J connectivity index is 1.95. The van der Waals surface area contributed by atoms with Gasteiger partial charge in [0.1, 0.15) is 5.82 Å². The van der Waals surface area contributed by atoms with Crippen molar-refractivity contribution < 1.29 is 13.9 Å². The zero-order valence-corrected chi connectivity index (χ0v) is 11.9. The lowest BCUT2D eigenvalue weighted by molar-refractivity contribution is -0.150. The number of piperidine rings is 1. The summed E-state index contributed by atoms with van der Waals surface area (Å²) < 4.78 is 18.1. The van der Waals surface area contributed by atoms with Gasteiger partial charge in [0.25, 0.3) is 0 Å². The number of esters is 1. The Morgan fingerprint density at radius 1 is 1.30 bits per heavy atom. The Labute approximate surface area is 118 Å². The number of carbonyl (C=O) groups is 1. The molecule has 4 atom stereocenters. The maximum absolute atomic E-state index is 13.1. The SMILES string of the molecule is COC(=O)[C@H]1[C@@H](c2ccc(F)cc2)C[C@H]2CC[C@@H]1N2[11CH3]. The topological polar surface area (TPSA) is 29.5 Å². The highest BCUT2D eigenvalue weighted by atomic mass is 19.1. The molecule has 3 rings (SSSR count). The fraction of sp³-hybridized carbons (Fsp3) is 0.562. The Bertz CT molecular complexity index is 502. The molecule has 1 aromatic carbocycles.